The third-order valence-corrected chi connectivity index (χ3v) is 2.82. The van der Waals surface area contributed by atoms with Crippen molar-refractivity contribution in [2.75, 3.05) is 6.61 Å². The lowest BCUT2D eigenvalue weighted by Gasteiger charge is -2.35. The van der Waals surface area contributed by atoms with E-state index >= 15 is 0 Å². The van der Waals surface area contributed by atoms with Crippen LogP contribution in [0.2, 0.25) is 0 Å². The van der Waals surface area contributed by atoms with Crippen molar-refractivity contribution < 1.29 is 9.84 Å². The number of aliphatic hydroxyl groups is 1. The molecule has 4 unspecified atom stereocenters. The Bertz CT molecular complexity index is 161. The van der Waals surface area contributed by atoms with E-state index in [1.54, 1.807) is 6.92 Å². The van der Waals surface area contributed by atoms with Gasteiger partial charge in [0.25, 0.3) is 0 Å². The Morgan fingerprint density at radius 1 is 1.50 bits per heavy atom. The average Bonchev–Trinajstić information content (AvgIpc) is 2.15. The fourth-order valence-electron chi connectivity index (χ4n) is 2.01. The Morgan fingerprint density at radius 2 is 2.21 bits per heavy atom. The molecule has 1 aliphatic heterocycles. The van der Waals surface area contributed by atoms with Crippen molar-refractivity contribution in [1.82, 2.24) is 5.32 Å². The molecule has 0 spiro atoms. The fraction of sp³-hybridized carbons (Fsp3) is 1.00. The Balaban J connectivity index is 2.34. The summed E-state index contributed by atoms with van der Waals surface area (Å²) in [5.41, 5.74) is 0. The van der Waals surface area contributed by atoms with Gasteiger partial charge in [-0.05, 0) is 33.1 Å². The molecule has 14 heavy (non-hydrogen) atoms. The first-order valence-electron chi connectivity index (χ1n) is 5.69. The quantitative estimate of drug-likeness (QED) is 0.720. The molecule has 0 aromatic heterocycles. The Labute approximate surface area is 86.8 Å². The van der Waals surface area contributed by atoms with Crippen LogP contribution in [-0.4, -0.2) is 36.0 Å². The van der Waals surface area contributed by atoms with E-state index in [-0.39, 0.29) is 12.2 Å². The van der Waals surface area contributed by atoms with Crippen molar-refractivity contribution in [1.29, 1.82) is 0 Å². The molecule has 0 saturated carbocycles. The van der Waals surface area contributed by atoms with Gasteiger partial charge in [-0.3, -0.25) is 0 Å². The summed E-state index contributed by atoms with van der Waals surface area (Å²) in [6.45, 7) is 6.61. The SMILES string of the molecule is CCC1NC(C)CCC1OCC(C)O. The summed E-state index contributed by atoms with van der Waals surface area (Å²) in [7, 11) is 0. The fourth-order valence-corrected chi connectivity index (χ4v) is 2.01. The highest BCUT2D eigenvalue weighted by Gasteiger charge is 2.27. The molecule has 0 aromatic carbocycles. The molecule has 1 rings (SSSR count). The molecule has 4 atom stereocenters. The predicted octanol–water partition coefficient (Wildman–Crippen LogP) is 1.30. The van der Waals surface area contributed by atoms with E-state index < -0.39 is 0 Å². The standard InChI is InChI=1S/C11H23NO2/c1-4-10-11(14-7-9(3)13)6-5-8(2)12-10/h8-13H,4-7H2,1-3H3. The minimum Gasteiger partial charge on any atom is -0.391 e. The van der Waals surface area contributed by atoms with Crippen LogP contribution in [0.3, 0.4) is 0 Å². The van der Waals surface area contributed by atoms with Crippen LogP contribution in [0.4, 0.5) is 0 Å². The molecule has 1 heterocycles. The van der Waals surface area contributed by atoms with Crippen LogP contribution >= 0.6 is 0 Å². The number of nitrogens with one attached hydrogen (secondary N) is 1. The zero-order valence-corrected chi connectivity index (χ0v) is 9.49. The van der Waals surface area contributed by atoms with Gasteiger partial charge in [-0.2, -0.15) is 0 Å². The maximum Gasteiger partial charge on any atom is 0.0745 e. The van der Waals surface area contributed by atoms with Gasteiger partial charge in [0.05, 0.1) is 18.8 Å². The van der Waals surface area contributed by atoms with Crippen molar-refractivity contribution in [2.45, 2.75) is 64.3 Å². The maximum absolute atomic E-state index is 9.15. The van der Waals surface area contributed by atoms with Gasteiger partial charge >= 0.3 is 0 Å². The van der Waals surface area contributed by atoms with Crippen molar-refractivity contribution in [3.05, 3.63) is 0 Å². The van der Waals surface area contributed by atoms with Crippen LogP contribution in [0.25, 0.3) is 0 Å². The van der Waals surface area contributed by atoms with Crippen LogP contribution in [0.5, 0.6) is 0 Å². The Kier molecular flexibility index (Phi) is 4.85. The topological polar surface area (TPSA) is 41.5 Å². The summed E-state index contributed by atoms with van der Waals surface area (Å²) in [5, 5.41) is 12.7. The van der Waals surface area contributed by atoms with Gasteiger partial charge in [-0.25, -0.2) is 0 Å². The number of ether oxygens (including phenoxy) is 1. The van der Waals surface area contributed by atoms with E-state index in [1.165, 1.54) is 6.42 Å². The van der Waals surface area contributed by atoms with E-state index in [4.69, 9.17) is 9.84 Å². The summed E-state index contributed by atoms with van der Waals surface area (Å²) < 4.78 is 5.68. The van der Waals surface area contributed by atoms with Crippen LogP contribution in [0.1, 0.15) is 40.0 Å². The largest absolute Gasteiger partial charge is 0.391 e. The lowest BCUT2D eigenvalue weighted by atomic mass is 9.95. The summed E-state index contributed by atoms with van der Waals surface area (Å²) >= 11 is 0. The molecule has 0 radical (unpaired) electrons. The number of hydrogen-bond acceptors (Lipinski definition) is 3. The normalized spacial score (nSPS) is 35.6. The number of aliphatic hydroxyl groups excluding tert-OH is 1. The second-order valence-electron chi connectivity index (χ2n) is 4.38. The Hall–Kier alpha value is -0.120. The van der Waals surface area contributed by atoms with E-state index in [9.17, 15) is 0 Å². The minimum absolute atomic E-state index is 0.283. The van der Waals surface area contributed by atoms with Gasteiger partial charge in [0.2, 0.25) is 0 Å². The van der Waals surface area contributed by atoms with E-state index in [1.807, 2.05) is 0 Å². The van der Waals surface area contributed by atoms with Crippen molar-refractivity contribution in [3.8, 4) is 0 Å². The lowest BCUT2D eigenvalue weighted by molar-refractivity contribution is -0.0369. The smallest absolute Gasteiger partial charge is 0.0745 e. The van der Waals surface area contributed by atoms with Gasteiger partial charge in [-0.15, -0.1) is 0 Å². The monoisotopic (exact) mass is 201 g/mol. The van der Waals surface area contributed by atoms with Crippen LogP contribution in [0.15, 0.2) is 0 Å². The van der Waals surface area contributed by atoms with Gasteiger partial charge in [0.1, 0.15) is 0 Å². The van der Waals surface area contributed by atoms with Gasteiger partial charge in [0.15, 0.2) is 0 Å². The molecule has 1 aliphatic rings. The molecule has 84 valence electrons. The van der Waals surface area contributed by atoms with Gasteiger partial charge in [-0.1, -0.05) is 6.92 Å². The minimum atomic E-state index is -0.355. The number of rotatable bonds is 4. The highest BCUT2D eigenvalue weighted by atomic mass is 16.5. The highest BCUT2D eigenvalue weighted by molar-refractivity contribution is 4.85. The summed E-state index contributed by atoms with van der Waals surface area (Å²) in [5.74, 6) is 0. The molecule has 0 aliphatic carbocycles. The second kappa shape index (κ2) is 5.69. The number of piperidine rings is 1. The third kappa shape index (κ3) is 3.56. The lowest BCUT2D eigenvalue weighted by Crippen LogP contribution is -2.50. The molecular formula is C11H23NO2. The first-order chi connectivity index (χ1) is 6.63. The summed E-state index contributed by atoms with van der Waals surface area (Å²) in [6.07, 6.45) is 3.30. The zero-order chi connectivity index (χ0) is 10.6. The molecule has 3 heteroatoms. The average molecular weight is 201 g/mol. The first-order valence-corrected chi connectivity index (χ1v) is 5.69. The molecule has 0 amide bonds. The summed E-state index contributed by atoms with van der Waals surface area (Å²) in [6, 6.07) is 1.06. The maximum atomic E-state index is 9.15. The molecule has 0 aromatic rings. The highest BCUT2D eigenvalue weighted by Crippen LogP contribution is 2.18. The predicted molar refractivity (Wildman–Crippen MR) is 57.3 cm³/mol. The van der Waals surface area contributed by atoms with E-state index in [0.29, 0.717) is 18.7 Å². The van der Waals surface area contributed by atoms with E-state index in [0.717, 1.165) is 12.8 Å². The second-order valence-corrected chi connectivity index (χ2v) is 4.38. The molecule has 3 nitrogen and oxygen atoms in total. The molecule has 2 N–H and O–H groups in total. The third-order valence-electron chi connectivity index (χ3n) is 2.82. The first kappa shape index (κ1) is 12.0. The number of hydrogen-bond donors (Lipinski definition) is 2. The van der Waals surface area contributed by atoms with Gasteiger partial charge in [0, 0.05) is 12.1 Å². The summed E-state index contributed by atoms with van der Waals surface area (Å²) in [4.78, 5) is 0. The van der Waals surface area contributed by atoms with Gasteiger partial charge < -0.3 is 15.2 Å². The Morgan fingerprint density at radius 3 is 2.79 bits per heavy atom. The van der Waals surface area contributed by atoms with Crippen molar-refractivity contribution in [3.63, 3.8) is 0 Å². The van der Waals surface area contributed by atoms with Crippen molar-refractivity contribution in [2.24, 2.45) is 0 Å². The zero-order valence-electron chi connectivity index (χ0n) is 9.49. The van der Waals surface area contributed by atoms with Crippen LogP contribution in [-0.2, 0) is 4.74 Å². The molecular weight excluding hydrogens is 178 g/mol. The van der Waals surface area contributed by atoms with Crippen molar-refractivity contribution >= 4 is 0 Å². The molecule has 0 bridgehead atoms. The van der Waals surface area contributed by atoms with E-state index in [2.05, 4.69) is 19.2 Å². The molecule has 1 saturated heterocycles. The molecule has 1 fully saturated rings. The van der Waals surface area contributed by atoms with Crippen LogP contribution < -0.4 is 5.32 Å². The van der Waals surface area contributed by atoms with Crippen LogP contribution in [0, 0.1) is 0 Å².